The van der Waals surface area contributed by atoms with E-state index in [9.17, 15) is 14.4 Å². The first-order chi connectivity index (χ1) is 12.4. The minimum absolute atomic E-state index is 0.0645. The van der Waals surface area contributed by atoms with Gasteiger partial charge in [0.1, 0.15) is 5.69 Å². The summed E-state index contributed by atoms with van der Waals surface area (Å²) in [5, 5.41) is 0. The van der Waals surface area contributed by atoms with Gasteiger partial charge in [0.2, 0.25) is 11.8 Å². The summed E-state index contributed by atoms with van der Waals surface area (Å²) in [5.74, 6) is -1.37. The number of nitrogens with zero attached hydrogens (tertiary/aromatic N) is 1. The first-order valence-corrected chi connectivity index (χ1v) is 8.99. The van der Waals surface area contributed by atoms with Gasteiger partial charge in [0.15, 0.2) is 0 Å². The molecule has 0 saturated carbocycles. The molecule has 1 unspecified atom stereocenters. The van der Waals surface area contributed by atoms with Crippen molar-refractivity contribution in [1.29, 1.82) is 0 Å². The lowest BCUT2D eigenvalue weighted by molar-refractivity contribution is -0.129. The quantitative estimate of drug-likeness (QED) is 0.661. The zero-order chi connectivity index (χ0) is 18.7. The van der Waals surface area contributed by atoms with Gasteiger partial charge in [-0.25, -0.2) is 0 Å². The van der Waals surface area contributed by atoms with Crippen molar-refractivity contribution in [3.63, 3.8) is 0 Å². The Hall–Kier alpha value is -2.61. The average molecular weight is 419 g/mol. The van der Waals surface area contributed by atoms with Crippen molar-refractivity contribution in [1.82, 2.24) is 20.7 Å². The zero-order valence-electron chi connectivity index (χ0n) is 14.2. The third kappa shape index (κ3) is 4.32. The van der Waals surface area contributed by atoms with Gasteiger partial charge in [0.05, 0.1) is 5.92 Å². The highest BCUT2D eigenvalue weighted by molar-refractivity contribution is 9.10. The van der Waals surface area contributed by atoms with E-state index in [4.69, 9.17) is 0 Å². The molecule has 1 atom stereocenters. The molecule has 1 saturated heterocycles. The summed E-state index contributed by atoms with van der Waals surface area (Å²) in [6.45, 7) is 2.82. The number of H-pyrrole nitrogens is 1. The average Bonchev–Trinajstić information content (AvgIpc) is 3.21. The van der Waals surface area contributed by atoms with E-state index in [2.05, 4.69) is 31.8 Å². The van der Waals surface area contributed by atoms with E-state index >= 15 is 0 Å². The lowest BCUT2D eigenvalue weighted by Crippen LogP contribution is -2.45. The van der Waals surface area contributed by atoms with Crippen molar-refractivity contribution < 1.29 is 14.4 Å². The van der Waals surface area contributed by atoms with E-state index in [0.29, 0.717) is 18.8 Å². The normalized spacial score (nSPS) is 16.6. The van der Waals surface area contributed by atoms with Crippen LogP contribution in [0.4, 0.5) is 0 Å². The van der Waals surface area contributed by atoms with Gasteiger partial charge in [-0.2, -0.15) is 0 Å². The number of carbonyl (C=O) groups is 3. The van der Waals surface area contributed by atoms with Crippen molar-refractivity contribution in [3.8, 4) is 0 Å². The predicted molar refractivity (Wildman–Crippen MR) is 98.8 cm³/mol. The molecule has 2 aromatic rings. The SMILES string of the molecule is Cc1ccc(CN2CC(C(=O)NNC(=O)c3cc(Br)c[nH]3)CC2=O)cc1. The van der Waals surface area contributed by atoms with Gasteiger partial charge >= 0.3 is 0 Å². The van der Waals surface area contributed by atoms with Gasteiger partial charge in [-0.05, 0) is 34.5 Å². The number of amides is 3. The summed E-state index contributed by atoms with van der Waals surface area (Å²) in [4.78, 5) is 40.8. The van der Waals surface area contributed by atoms with Crippen molar-refractivity contribution in [2.75, 3.05) is 6.54 Å². The standard InChI is InChI=1S/C18H19BrN4O3/c1-11-2-4-12(5-3-11)9-23-10-13(6-16(23)24)17(25)21-22-18(26)15-7-14(19)8-20-15/h2-5,7-8,13,20H,6,9-10H2,1H3,(H,21,25)(H,22,26). The number of aromatic amines is 1. The van der Waals surface area contributed by atoms with Crippen molar-refractivity contribution in [3.05, 3.63) is 57.8 Å². The molecule has 3 N–H and O–H groups in total. The molecule has 26 heavy (non-hydrogen) atoms. The van der Waals surface area contributed by atoms with E-state index in [-0.39, 0.29) is 18.2 Å². The molecule has 1 aromatic heterocycles. The van der Waals surface area contributed by atoms with Gasteiger partial charge < -0.3 is 9.88 Å². The molecule has 8 heteroatoms. The molecular formula is C18H19BrN4O3. The lowest BCUT2D eigenvalue weighted by atomic mass is 10.1. The van der Waals surface area contributed by atoms with Crippen LogP contribution in [0.1, 0.15) is 28.0 Å². The largest absolute Gasteiger partial charge is 0.356 e. The molecule has 0 bridgehead atoms. The van der Waals surface area contributed by atoms with E-state index < -0.39 is 11.8 Å². The summed E-state index contributed by atoms with van der Waals surface area (Å²) in [7, 11) is 0. The Kier molecular flexibility index (Phi) is 5.41. The molecule has 0 radical (unpaired) electrons. The Labute approximate surface area is 159 Å². The second-order valence-electron chi connectivity index (χ2n) is 6.34. The number of likely N-dealkylation sites (tertiary alicyclic amines) is 1. The van der Waals surface area contributed by atoms with Crippen LogP contribution in [-0.2, 0) is 16.1 Å². The fourth-order valence-corrected chi connectivity index (χ4v) is 3.14. The van der Waals surface area contributed by atoms with Gasteiger partial charge in [-0.15, -0.1) is 0 Å². The molecule has 1 aliphatic heterocycles. The van der Waals surface area contributed by atoms with Crippen LogP contribution in [0.3, 0.4) is 0 Å². The van der Waals surface area contributed by atoms with Crippen LogP contribution in [0.25, 0.3) is 0 Å². The van der Waals surface area contributed by atoms with Crippen LogP contribution >= 0.6 is 15.9 Å². The van der Waals surface area contributed by atoms with Crippen molar-refractivity contribution in [2.45, 2.75) is 19.9 Å². The molecule has 7 nitrogen and oxygen atoms in total. The summed E-state index contributed by atoms with van der Waals surface area (Å²) in [6, 6.07) is 9.54. The number of aromatic nitrogens is 1. The topological polar surface area (TPSA) is 94.3 Å². The Morgan fingerprint density at radius 2 is 2.00 bits per heavy atom. The number of nitrogens with one attached hydrogen (secondary N) is 3. The third-order valence-corrected chi connectivity index (χ3v) is 4.73. The lowest BCUT2D eigenvalue weighted by Gasteiger charge is -2.17. The van der Waals surface area contributed by atoms with Crippen molar-refractivity contribution >= 4 is 33.7 Å². The molecule has 2 heterocycles. The zero-order valence-corrected chi connectivity index (χ0v) is 15.8. The minimum atomic E-state index is -0.483. The maximum absolute atomic E-state index is 12.3. The Bertz CT molecular complexity index is 831. The number of carbonyl (C=O) groups excluding carboxylic acids is 3. The van der Waals surface area contributed by atoms with Gasteiger partial charge in [-0.1, -0.05) is 29.8 Å². The van der Waals surface area contributed by atoms with Crippen molar-refractivity contribution in [2.24, 2.45) is 5.92 Å². The molecule has 1 aromatic carbocycles. The highest BCUT2D eigenvalue weighted by Crippen LogP contribution is 2.20. The monoisotopic (exact) mass is 418 g/mol. The Morgan fingerprint density at radius 3 is 2.65 bits per heavy atom. The maximum Gasteiger partial charge on any atom is 0.286 e. The maximum atomic E-state index is 12.3. The Balaban J connectivity index is 1.51. The number of hydrazine groups is 1. The highest BCUT2D eigenvalue weighted by Gasteiger charge is 2.34. The fraction of sp³-hybridized carbons (Fsp3) is 0.278. The van der Waals surface area contributed by atoms with Crippen LogP contribution in [0.5, 0.6) is 0 Å². The third-order valence-electron chi connectivity index (χ3n) is 4.27. The first-order valence-electron chi connectivity index (χ1n) is 8.20. The molecular weight excluding hydrogens is 400 g/mol. The van der Waals surface area contributed by atoms with Crippen LogP contribution in [-0.4, -0.2) is 34.2 Å². The second kappa shape index (κ2) is 7.74. The predicted octanol–water partition coefficient (Wildman–Crippen LogP) is 1.90. The van der Waals surface area contributed by atoms with E-state index in [1.807, 2.05) is 31.2 Å². The van der Waals surface area contributed by atoms with Gasteiger partial charge in [-0.3, -0.25) is 25.2 Å². The number of aryl methyl sites for hydroxylation is 1. The van der Waals surface area contributed by atoms with E-state index in [1.165, 1.54) is 0 Å². The molecule has 0 aliphatic carbocycles. The van der Waals surface area contributed by atoms with Crippen LogP contribution in [0, 0.1) is 12.8 Å². The molecule has 3 rings (SSSR count). The summed E-state index contributed by atoms with van der Waals surface area (Å²) in [5.41, 5.74) is 7.25. The fourth-order valence-electron chi connectivity index (χ4n) is 2.80. The summed E-state index contributed by atoms with van der Waals surface area (Å²) < 4.78 is 0.738. The molecule has 1 fully saturated rings. The molecule has 3 amide bonds. The van der Waals surface area contributed by atoms with E-state index in [0.717, 1.165) is 15.6 Å². The molecule has 1 aliphatic rings. The highest BCUT2D eigenvalue weighted by atomic mass is 79.9. The summed E-state index contributed by atoms with van der Waals surface area (Å²) in [6.07, 6.45) is 1.76. The Morgan fingerprint density at radius 1 is 1.27 bits per heavy atom. The van der Waals surface area contributed by atoms with Gasteiger partial charge in [0.25, 0.3) is 5.91 Å². The number of benzene rings is 1. The number of rotatable bonds is 4. The number of halogens is 1. The minimum Gasteiger partial charge on any atom is -0.356 e. The first kappa shape index (κ1) is 18.2. The number of hydrogen-bond donors (Lipinski definition) is 3. The van der Waals surface area contributed by atoms with Crippen LogP contribution < -0.4 is 10.9 Å². The van der Waals surface area contributed by atoms with Gasteiger partial charge in [0, 0.05) is 30.2 Å². The molecule has 0 spiro atoms. The summed E-state index contributed by atoms with van der Waals surface area (Å²) >= 11 is 3.24. The second-order valence-corrected chi connectivity index (χ2v) is 7.25. The smallest absolute Gasteiger partial charge is 0.286 e. The van der Waals surface area contributed by atoms with Crippen LogP contribution in [0.15, 0.2) is 41.0 Å². The number of hydrogen-bond acceptors (Lipinski definition) is 3. The molecule has 136 valence electrons. The van der Waals surface area contributed by atoms with Crippen LogP contribution in [0.2, 0.25) is 0 Å². The van der Waals surface area contributed by atoms with E-state index in [1.54, 1.807) is 17.2 Å².